The molecule has 1 fully saturated rings. The van der Waals surface area contributed by atoms with Gasteiger partial charge in [-0.05, 0) is 36.4 Å². The molecule has 31 heavy (non-hydrogen) atoms. The van der Waals surface area contributed by atoms with Crippen LogP contribution in [0.25, 0.3) is 0 Å². The average molecular weight is 440 g/mol. The Morgan fingerprint density at radius 1 is 1.32 bits per heavy atom. The number of benzene rings is 2. The van der Waals surface area contributed by atoms with E-state index >= 15 is 0 Å². The van der Waals surface area contributed by atoms with Gasteiger partial charge in [-0.1, -0.05) is 23.6 Å². The second kappa shape index (κ2) is 9.54. The van der Waals surface area contributed by atoms with Crippen molar-refractivity contribution in [2.75, 3.05) is 37.5 Å². The molecule has 0 saturated carbocycles. The van der Waals surface area contributed by atoms with Crippen molar-refractivity contribution < 1.29 is 19.1 Å². The number of amides is 3. The number of terminal acetylenes is 1. The Hall–Kier alpha value is -3.50. The minimum Gasteiger partial charge on any atom is -0.495 e. The van der Waals surface area contributed by atoms with E-state index in [0.717, 1.165) is 0 Å². The number of ether oxygens (including phenoxy) is 1. The van der Waals surface area contributed by atoms with Gasteiger partial charge in [-0.25, -0.2) is 0 Å². The number of methoxy groups -OCH3 is 1. The summed E-state index contributed by atoms with van der Waals surface area (Å²) in [6, 6.07) is 11.8. The summed E-state index contributed by atoms with van der Waals surface area (Å²) < 4.78 is 5.32. The smallest absolute Gasteiger partial charge is 0.243 e. The Morgan fingerprint density at radius 3 is 2.81 bits per heavy atom. The van der Waals surface area contributed by atoms with E-state index in [1.165, 1.54) is 24.0 Å². The fourth-order valence-corrected chi connectivity index (χ4v) is 3.64. The van der Waals surface area contributed by atoms with Crippen LogP contribution in [-0.2, 0) is 14.4 Å². The molecule has 7 nitrogen and oxygen atoms in total. The third-order valence-electron chi connectivity index (χ3n) is 4.98. The lowest BCUT2D eigenvalue weighted by Crippen LogP contribution is -2.39. The van der Waals surface area contributed by atoms with Gasteiger partial charge < -0.3 is 19.9 Å². The first-order chi connectivity index (χ1) is 14.8. The number of likely N-dealkylation sites (N-methyl/N-ethyl adjacent to an activating group) is 1. The molecular formula is C23H22ClN3O4. The third kappa shape index (κ3) is 5.16. The van der Waals surface area contributed by atoms with Crippen LogP contribution in [0.3, 0.4) is 0 Å². The molecule has 8 heteroatoms. The molecule has 0 bridgehead atoms. The standard InChI is InChI=1S/C23H22ClN3O4/c1-4-15-6-5-7-18(10-15)25-21(28)14-26(2)23(30)16-11-22(29)27(13-16)19-12-17(24)8-9-20(19)31-3/h1,5-10,12,16H,11,13-14H2,2-3H3,(H,25,28). The number of rotatable bonds is 6. The van der Waals surface area contributed by atoms with Crippen LogP contribution in [0.1, 0.15) is 12.0 Å². The molecule has 1 N–H and O–H groups in total. The molecule has 0 spiro atoms. The lowest BCUT2D eigenvalue weighted by Gasteiger charge is -2.22. The molecule has 1 saturated heterocycles. The molecule has 1 unspecified atom stereocenters. The largest absolute Gasteiger partial charge is 0.495 e. The van der Waals surface area contributed by atoms with Crippen LogP contribution in [0.5, 0.6) is 5.75 Å². The minimum atomic E-state index is -0.571. The number of nitrogens with zero attached hydrogens (tertiary/aromatic N) is 2. The first-order valence-electron chi connectivity index (χ1n) is 9.57. The summed E-state index contributed by atoms with van der Waals surface area (Å²) in [6.07, 6.45) is 5.41. The second-order valence-corrected chi connectivity index (χ2v) is 7.63. The van der Waals surface area contributed by atoms with Crippen LogP contribution in [0.4, 0.5) is 11.4 Å². The van der Waals surface area contributed by atoms with Gasteiger partial charge in [0.2, 0.25) is 17.7 Å². The molecular weight excluding hydrogens is 418 g/mol. The number of halogens is 1. The van der Waals surface area contributed by atoms with Crippen LogP contribution in [0.15, 0.2) is 42.5 Å². The van der Waals surface area contributed by atoms with Crippen molar-refractivity contribution in [3.8, 4) is 18.1 Å². The monoisotopic (exact) mass is 439 g/mol. The van der Waals surface area contributed by atoms with Crippen molar-refractivity contribution >= 4 is 40.7 Å². The van der Waals surface area contributed by atoms with Crippen LogP contribution in [0, 0.1) is 18.3 Å². The Morgan fingerprint density at radius 2 is 2.10 bits per heavy atom. The Bertz CT molecular complexity index is 1060. The zero-order chi connectivity index (χ0) is 22.5. The van der Waals surface area contributed by atoms with Crippen molar-refractivity contribution in [3.63, 3.8) is 0 Å². The quantitative estimate of drug-likeness (QED) is 0.702. The van der Waals surface area contributed by atoms with Crippen LogP contribution in [-0.4, -0.2) is 49.9 Å². The summed E-state index contributed by atoms with van der Waals surface area (Å²) in [7, 11) is 3.04. The number of hydrogen-bond donors (Lipinski definition) is 1. The van der Waals surface area contributed by atoms with Crippen molar-refractivity contribution in [3.05, 3.63) is 53.1 Å². The van der Waals surface area contributed by atoms with Crippen molar-refractivity contribution in [1.82, 2.24) is 4.90 Å². The van der Waals surface area contributed by atoms with E-state index < -0.39 is 5.92 Å². The zero-order valence-electron chi connectivity index (χ0n) is 17.2. The van der Waals surface area contributed by atoms with E-state index in [4.69, 9.17) is 22.8 Å². The van der Waals surface area contributed by atoms with Gasteiger partial charge in [0.15, 0.2) is 0 Å². The van der Waals surface area contributed by atoms with Crippen molar-refractivity contribution in [1.29, 1.82) is 0 Å². The first kappa shape index (κ1) is 22.2. The molecule has 1 heterocycles. The van der Waals surface area contributed by atoms with Crippen molar-refractivity contribution in [2.24, 2.45) is 5.92 Å². The first-order valence-corrected chi connectivity index (χ1v) is 9.95. The van der Waals surface area contributed by atoms with Gasteiger partial charge in [0.25, 0.3) is 0 Å². The fraction of sp³-hybridized carbons (Fsp3) is 0.261. The maximum atomic E-state index is 12.9. The van der Waals surface area contributed by atoms with Crippen molar-refractivity contribution in [2.45, 2.75) is 6.42 Å². The molecule has 0 aromatic heterocycles. The van der Waals surface area contributed by atoms with Gasteiger partial charge in [0, 0.05) is 36.3 Å². The zero-order valence-corrected chi connectivity index (χ0v) is 18.0. The molecule has 160 valence electrons. The summed E-state index contributed by atoms with van der Waals surface area (Å²) in [5, 5.41) is 3.18. The van der Waals surface area contributed by atoms with Crippen LogP contribution in [0.2, 0.25) is 5.02 Å². The van der Waals surface area contributed by atoms with Gasteiger partial charge in [-0.3, -0.25) is 14.4 Å². The number of carbonyl (C=O) groups is 3. The Kier molecular flexibility index (Phi) is 6.83. The van der Waals surface area contributed by atoms with Gasteiger partial charge in [-0.2, -0.15) is 0 Å². The number of hydrogen-bond acceptors (Lipinski definition) is 4. The van der Waals surface area contributed by atoms with E-state index in [1.54, 1.807) is 42.5 Å². The second-order valence-electron chi connectivity index (χ2n) is 7.19. The lowest BCUT2D eigenvalue weighted by atomic mass is 10.1. The molecule has 3 rings (SSSR count). The normalized spacial score (nSPS) is 15.4. The fourth-order valence-electron chi connectivity index (χ4n) is 3.47. The van der Waals surface area contributed by atoms with E-state index in [2.05, 4.69) is 11.2 Å². The van der Waals surface area contributed by atoms with Crippen LogP contribution >= 0.6 is 11.6 Å². The van der Waals surface area contributed by atoms with Gasteiger partial charge in [0.1, 0.15) is 5.75 Å². The topological polar surface area (TPSA) is 79.0 Å². The van der Waals surface area contributed by atoms with Gasteiger partial charge in [0.05, 0.1) is 25.3 Å². The predicted octanol–water partition coefficient (Wildman–Crippen LogP) is 2.78. The summed E-state index contributed by atoms with van der Waals surface area (Å²) in [6.45, 7) is 0.0365. The summed E-state index contributed by atoms with van der Waals surface area (Å²) >= 11 is 6.07. The maximum Gasteiger partial charge on any atom is 0.243 e. The average Bonchev–Trinajstić information content (AvgIpc) is 3.14. The molecule has 1 atom stereocenters. The highest BCUT2D eigenvalue weighted by Gasteiger charge is 2.37. The summed E-state index contributed by atoms with van der Waals surface area (Å²) in [4.78, 5) is 40.6. The van der Waals surface area contributed by atoms with Gasteiger partial charge in [-0.15, -0.1) is 6.42 Å². The Balaban J connectivity index is 1.63. The number of carbonyl (C=O) groups excluding carboxylic acids is 3. The van der Waals surface area contributed by atoms with Gasteiger partial charge >= 0.3 is 0 Å². The van der Waals surface area contributed by atoms with E-state index in [-0.39, 0.29) is 37.2 Å². The summed E-state index contributed by atoms with van der Waals surface area (Å²) in [5.74, 6) is 1.57. The lowest BCUT2D eigenvalue weighted by molar-refractivity contribution is -0.137. The van der Waals surface area contributed by atoms with E-state index in [1.807, 2.05) is 0 Å². The van der Waals surface area contributed by atoms with Crippen LogP contribution < -0.4 is 15.0 Å². The highest BCUT2D eigenvalue weighted by molar-refractivity contribution is 6.31. The summed E-state index contributed by atoms with van der Waals surface area (Å²) in [5.41, 5.74) is 1.71. The maximum absolute atomic E-state index is 12.9. The minimum absolute atomic E-state index is 0.0463. The number of nitrogens with one attached hydrogen (secondary N) is 1. The molecule has 0 radical (unpaired) electrons. The third-order valence-corrected chi connectivity index (χ3v) is 5.21. The molecule has 1 aliphatic rings. The molecule has 2 aromatic rings. The predicted molar refractivity (Wildman–Crippen MR) is 119 cm³/mol. The van der Waals surface area contributed by atoms with E-state index in [0.29, 0.717) is 27.7 Å². The highest BCUT2D eigenvalue weighted by Crippen LogP contribution is 2.35. The number of anilines is 2. The molecule has 2 aromatic carbocycles. The highest BCUT2D eigenvalue weighted by atomic mass is 35.5. The SMILES string of the molecule is C#Cc1cccc(NC(=O)CN(C)C(=O)C2CC(=O)N(c3cc(Cl)ccc3OC)C2)c1. The Labute approximate surface area is 185 Å². The molecule has 3 amide bonds. The van der Waals surface area contributed by atoms with E-state index in [9.17, 15) is 14.4 Å². The molecule has 0 aliphatic carbocycles. The molecule has 1 aliphatic heterocycles.